The summed E-state index contributed by atoms with van der Waals surface area (Å²) in [5.41, 5.74) is 14.4. The Morgan fingerprint density at radius 1 is 0.870 bits per heavy atom. The van der Waals surface area contributed by atoms with Crippen LogP contribution < -0.4 is 5.73 Å². The van der Waals surface area contributed by atoms with Gasteiger partial charge < -0.3 is 5.73 Å². The number of fused-ring (bicyclic) bond motifs is 7. The number of nitrogens with two attached hydrogens (primary N) is 1. The highest BCUT2D eigenvalue weighted by atomic mass is 14.6. The molecule has 1 nitrogen and oxygen atoms in total. The molecule has 112 valence electrons. The third kappa shape index (κ3) is 1.52. The first-order valence-electron chi connectivity index (χ1n) is 8.29. The molecule has 0 saturated heterocycles. The van der Waals surface area contributed by atoms with Crippen molar-refractivity contribution in [1.82, 2.24) is 0 Å². The van der Waals surface area contributed by atoms with E-state index in [1.165, 1.54) is 38.6 Å². The molecule has 0 unspecified atom stereocenters. The van der Waals surface area contributed by atoms with E-state index < -0.39 is 0 Å². The molecule has 2 aliphatic carbocycles. The first-order chi connectivity index (χ1) is 11.2. The Labute approximate surface area is 136 Å². The predicted octanol–water partition coefficient (Wildman–Crippen LogP) is 5.35. The summed E-state index contributed by atoms with van der Waals surface area (Å²) in [4.78, 5) is 0. The fourth-order valence-electron chi connectivity index (χ4n) is 4.58. The van der Waals surface area contributed by atoms with Gasteiger partial charge in [-0.1, -0.05) is 60.2 Å². The van der Waals surface area contributed by atoms with Gasteiger partial charge in [0, 0.05) is 16.5 Å². The van der Waals surface area contributed by atoms with Crippen molar-refractivity contribution >= 4 is 16.5 Å². The summed E-state index contributed by atoms with van der Waals surface area (Å²) in [5, 5.41) is 2.46. The molecule has 0 saturated carbocycles. The molecular weight excluding hydrogens is 278 g/mol. The van der Waals surface area contributed by atoms with Gasteiger partial charge in [0.1, 0.15) is 0 Å². The number of hydrogen-bond acceptors (Lipinski definition) is 1. The summed E-state index contributed by atoms with van der Waals surface area (Å²) < 4.78 is 0. The fourth-order valence-corrected chi connectivity index (χ4v) is 4.58. The highest BCUT2D eigenvalue weighted by Crippen LogP contribution is 2.57. The van der Waals surface area contributed by atoms with Crippen LogP contribution in [0.25, 0.3) is 21.9 Å². The highest BCUT2D eigenvalue weighted by Gasteiger charge is 2.44. The summed E-state index contributed by atoms with van der Waals surface area (Å²) in [5.74, 6) is 0. The number of anilines is 1. The molecule has 0 aromatic heterocycles. The standard InChI is InChI=1S/C22H19N/c1-14-8-9-17-18(12-14)22(10-4-5-11-22)19-13-20(23)15-6-2-3-7-16(15)21(17)19/h2-9,12-13H,10-11,23H2,1H3. The number of benzene rings is 3. The van der Waals surface area contributed by atoms with Gasteiger partial charge in [0.2, 0.25) is 0 Å². The number of allylic oxidation sites excluding steroid dienone is 2. The van der Waals surface area contributed by atoms with Crippen LogP contribution >= 0.6 is 0 Å². The molecule has 5 rings (SSSR count). The SMILES string of the molecule is Cc1ccc2c(c1)C1(CC=CC1)c1cc(N)c3ccccc3c1-2. The van der Waals surface area contributed by atoms with Crippen LogP contribution in [0.4, 0.5) is 5.69 Å². The molecular formula is C22H19N. The van der Waals surface area contributed by atoms with E-state index in [0.29, 0.717) is 0 Å². The van der Waals surface area contributed by atoms with Crippen molar-refractivity contribution in [2.45, 2.75) is 25.2 Å². The predicted molar refractivity (Wildman–Crippen MR) is 97.7 cm³/mol. The van der Waals surface area contributed by atoms with E-state index in [9.17, 15) is 0 Å². The maximum Gasteiger partial charge on any atom is 0.0397 e. The Morgan fingerprint density at radius 3 is 2.39 bits per heavy atom. The van der Waals surface area contributed by atoms with Crippen LogP contribution in [0, 0.1) is 6.92 Å². The molecule has 0 fully saturated rings. The minimum absolute atomic E-state index is 0.0921. The third-order valence-corrected chi connectivity index (χ3v) is 5.65. The third-order valence-electron chi connectivity index (χ3n) is 5.65. The second kappa shape index (κ2) is 4.26. The van der Waals surface area contributed by atoms with Crippen LogP contribution in [0.15, 0.2) is 60.7 Å². The van der Waals surface area contributed by atoms with Crippen LogP contribution in [-0.2, 0) is 5.41 Å². The molecule has 0 aliphatic heterocycles. The molecule has 0 amide bonds. The Balaban J connectivity index is 1.98. The zero-order chi connectivity index (χ0) is 15.6. The van der Waals surface area contributed by atoms with Gasteiger partial charge in [0.25, 0.3) is 0 Å². The molecule has 0 heterocycles. The van der Waals surface area contributed by atoms with Crippen LogP contribution in [-0.4, -0.2) is 0 Å². The van der Waals surface area contributed by atoms with Gasteiger partial charge in [0.05, 0.1) is 0 Å². The minimum Gasteiger partial charge on any atom is -0.398 e. The summed E-state index contributed by atoms with van der Waals surface area (Å²) in [6.07, 6.45) is 6.81. The van der Waals surface area contributed by atoms with E-state index in [1.54, 1.807) is 0 Å². The average Bonchev–Trinajstić information content (AvgIpc) is 3.15. The maximum absolute atomic E-state index is 6.42. The first-order valence-corrected chi connectivity index (χ1v) is 8.29. The smallest absolute Gasteiger partial charge is 0.0397 e. The van der Waals surface area contributed by atoms with E-state index >= 15 is 0 Å². The summed E-state index contributed by atoms with van der Waals surface area (Å²) >= 11 is 0. The topological polar surface area (TPSA) is 26.0 Å². The van der Waals surface area contributed by atoms with E-state index in [2.05, 4.69) is 67.6 Å². The van der Waals surface area contributed by atoms with E-state index in [4.69, 9.17) is 5.73 Å². The monoisotopic (exact) mass is 297 g/mol. The molecule has 1 spiro atoms. The number of aryl methyl sites for hydroxylation is 1. The summed E-state index contributed by atoms with van der Waals surface area (Å²) in [6, 6.07) is 17.7. The molecule has 1 heteroatoms. The van der Waals surface area contributed by atoms with Gasteiger partial charge in [0.15, 0.2) is 0 Å². The van der Waals surface area contributed by atoms with Crippen molar-refractivity contribution in [3.8, 4) is 11.1 Å². The van der Waals surface area contributed by atoms with Crippen molar-refractivity contribution in [3.05, 3.63) is 77.4 Å². The minimum atomic E-state index is 0.0921. The Hall–Kier alpha value is -2.54. The lowest BCUT2D eigenvalue weighted by Crippen LogP contribution is -2.21. The summed E-state index contributed by atoms with van der Waals surface area (Å²) in [6.45, 7) is 2.19. The molecule has 2 N–H and O–H groups in total. The Bertz CT molecular complexity index is 986. The summed E-state index contributed by atoms with van der Waals surface area (Å²) in [7, 11) is 0. The molecule has 0 bridgehead atoms. The fraction of sp³-hybridized carbons (Fsp3) is 0.182. The lowest BCUT2D eigenvalue weighted by atomic mass is 9.75. The molecule has 0 atom stereocenters. The van der Waals surface area contributed by atoms with Gasteiger partial charge in [-0.15, -0.1) is 0 Å². The molecule has 3 aromatic rings. The van der Waals surface area contributed by atoms with E-state index in [0.717, 1.165) is 18.5 Å². The van der Waals surface area contributed by atoms with Crippen LogP contribution in [0.2, 0.25) is 0 Å². The van der Waals surface area contributed by atoms with E-state index in [1.807, 2.05) is 0 Å². The van der Waals surface area contributed by atoms with Gasteiger partial charge in [-0.2, -0.15) is 0 Å². The van der Waals surface area contributed by atoms with Gasteiger partial charge >= 0.3 is 0 Å². The van der Waals surface area contributed by atoms with Gasteiger partial charge in [-0.3, -0.25) is 0 Å². The Morgan fingerprint density at radius 2 is 1.61 bits per heavy atom. The zero-order valence-corrected chi connectivity index (χ0v) is 13.3. The van der Waals surface area contributed by atoms with Crippen molar-refractivity contribution in [1.29, 1.82) is 0 Å². The lowest BCUT2D eigenvalue weighted by Gasteiger charge is -2.27. The second-order valence-corrected chi connectivity index (χ2v) is 6.94. The quantitative estimate of drug-likeness (QED) is 0.439. The highest BCUT2D eigenvalue weighted by molar-refractivity contribution is 6.07. The first kappa shape index (κ1) is 13.0. The number of hydrogen-bond donors (Lipinski definition) is 1. The largest absolute Gasteiger partial charge is 0.398 e. The average molecular weight is 297 g/mol. The van der Waals surface area contributed by atoms with Gasteiger partial charge in [-0.25, -0.2) is 0 Å². The Kier molecular flexibility index (Phi) is 2.40. The maximum atomic E-state index is 6.42. The van der Waals surface area contributed by atoms with Gasteiger partial charge in [-0.05, 0) is 53.5 Å². The van der Waals surface area contributed by atoms with Crippen LogP contribution in [0.1, 0.15) is 29.5 Å². The lowest BCUT2D eigenvalue weighted by molar-refractivity contribution is 0.573. The molecule has 0 radical (unpaired) electrons. The second-order valence-electron chi connectivity index (χ2n) is 6.94. The van der Waals surface area contributed by atoms with E-state index in [-0.39, 0.29) is 5.41 Å². The zero-order valence-electron chi connectivity index (χ0n) is 13.3. The van der Waals surface area contributed by atoms with Crippen molar-refractivity contribution in [2.75, 3.05) is 5.73 Å². The normalized spacial score (nSPS) is 16.9. The molecule has 2 aliphatic rings. The van der Waals surface area contributed by atoms with Crippen molar-refractivity contribution in [2.24, 2.45) is 0 Å². The van der Waals surface area contributed by atoms with Crippen molar-refractivity contribution in [3.63, 3.8) is 0 Å². The molecule has 23 heavy (non-hydrogen) atoms. The molecule has 3 aromatic carbocycles. The number of rotatable bonds is 0. The van der Waals surface area contributed by atoms with Crippen molar-refractivity contribution < 1.29 is 0 Å². The number of nitrogen functional groups attached to an aromatic ring is 1. The van der Waals surface area contributed by atoms with Crippen LogP contribution in [0.3, 0.4) is 0 Å². The van der Waals surface area contributed by atoms with Crippen LogP contribution in [0.5, 0.6) is 0 Å².